The maximum Gasteiger partial charge on any atom is 0.270 e. The van der Waals surface area contributed by atoms with Crippen molar-refractivity contribution in [3.05, 3.63) is 87.7 Å². The molecule has 5 nitrogen and oxygen atoms in total. The number of hydrogen-bond acceptors (Lipinski definition) is 3. The van der Waals surface area contributed by atoms with Gasteiger partial charge in [0.25, 0.3) is 11.8 Å². The number of benzene rings is 2. The first kappa shape index (κ1) is 24.6. The maximum atomic E-state index is 13.5. The smallest absolute Gasteiger partial charge is 0.270 e. The Balaban J connectivity index is 1.75. The molecule has 2 amide bonds. The van der Waals surface area contributed by atoms with Gasteiger partial charge in [-0.3, -0.25) is 19.8 Å². The summed E-state index contributed by atoms with van der Waals surface area (Å²) in [5.41, 5.74) is 7.87. The summed E-state index contributed by atoms with van der Waals surface area (Å²) in [7, 11) is 0. The van der Waals surface area contributed by atoms with Crippen LogP contribution in [0.15, 0.2) is 54.1 Å². The van der Waals surface area contributed by atoms with Gasteiger partial charge in [-0.05, 0) is 97.9 Å². The van der Waals surface area contributed by atoms with Gasteiger partial charge in [-0.25, -0.2) is 0 Å². The van der Waals surface area contributed by atoms with Gasteiger partial charge in [-0.2, -0.15) is 0 Å². The summed E-state index contributed by atoms with van der Waals surface area (Å²) >= 11 is 5.38. The molecule has 0 atom stereocenters. The molecule has 6 heteroatoms. The molecule has 0 bridgehead atoms. The number of rotatable bonds is 3. The zero-order valence-electron chi connectivity index (χ0n) is 21.3. The molecule has 2 aromatic carbocycles. The lowest BCUT2D eigenvalue weighted by atomic mass is 9.87. The average Bonchev–Trinajstić information content (AvgIpc) is 3.06. The van der Waals surface area contributed by atoms with Gasteiger partial charge in [0, 0.05) is 17.1 Å². The molecule has 0 unspecified atom stereocenters. The van der Waals surface area contributed by atoms with Crippen molar-refractivity contribution >= 4 is 40.9 Å². The van der Waals surface area contributed by atoms with Crippen LogP contribution in [0.2, 0.25) is 0 Å². The van der Waals surface area contributed by atoms with Gasteiger partial charge in [-0.15, -0.1) is 0 Å². The normalized spacial score (nSPS) is 15.7. The third-order valence-corrected chi connectivity index (χ3v) is 6.96. The van der Waals surface area contributed by atoms with E-state index in [2.05, 4.69) is 54.9 Å². The topological polar surface area (TPSA) is 54.3 Å². The van der Waals surface area contributed by atoms with Gasteiger partial charge >= 0.3 is 0 Å². The van der Waals surface area contributed by atoms with E-state index in [4.69, 9.17) is 12.2 Å². The standard InChI is InChI=1S/C29H31N3O2S/c1-17-9-8-10-25(19(17)3)32-27(34)24(26(33)30-28(32)35)16-21-15-18(2)31(20(21)4)23-13-11-22(12-14-23)29(5,6)7/h8-16H,1-7H3,(H,30,33,35)/b24-16+. The molecule has 2 heterocycles. The first-order valence-electron chi connectivity index (χ1n) is 11.7. The van der Waals surface area contributed by atoms with Gasteiger partial charge in [0.05, 0.1) is 5.69 Å². The van der Waals surface area contributed by atoms with Crippen molar-refractivity contribution in [1.82, 2.24) is 9.88 Å². The monoisotopic (exact) mass is 485 g/mol. The van der Waals surface area contributed by atoms with E-state index in [-0.39, 0.29) is 16.1 Å². The van der Waals surface area contributed by atoms with Gasteiger partial charge in [0.15, 0.2) is 5.11 Å². The number of carbonyl (C=O) groups excluding carboxylic acids is 2. The van der Waals surface area contributed by atoms with Crippen molar-refractivity contribution in [3.8, 4) is 5.69 Å². The first-order valence-corrected chi connectivity index (χ1v) is 12.1. The van der Waals surface area contributed by atoms with Crippen LogP contribution >= 0.6 is 12.2 Å². The fourth-order valence-corrected chi connectivity index (χ4v) is 4.73. The average molecular weight is 486 g/mol. The van der Waals surface area contributed by atoms with E-state index in [0.29, 0.717) is 5.69 Å². The Bertz CT molecular complexity index is 1390. The van der Waals surface area contributed by atoms with Crippen LogP contribution in [0.1, 0.15) is 54.4 Å². The molecule has 4 rings (SSSR count). The van der Waals surface area contributed by atoms with Crippen LogP contribution < -0.4 is 10.2 Å². The third-order valence-electron chi connectivity index (χ3n) is 6.68. The summed E-state index contributed by atoms with van der Waals surface area (Å²) in [6.07, 6.45) is 1.67. The third kappa shape index (κ3) is 4.46. The summed E-state index contributed by atoms with van der Waals surface area (Å²) in [6, 6.07) is 16.2. The molecule has 0 saturated carbocycles. The van der Waals surface area contributed by atoms with E-state index < -0.39 is 11.8 Å². The van der Waals surface area contributed by atoms with E-state index in [1.54, 1.807) is 6.08 Å². The van der Waals surface area contributed by atoms with Crippen LogP contribution in [0.5, 0.6) is 0 Å². The summed E-state index contributed by atoms with van der Waals surface area (Å²) < 4.78 is 2.14. The first-order chi connectivity index (χ1) is 16.4. The second kappa shape index (κ2) is 8.93. The van der Waals surface area contributed by atoms with E-state index in [1.165, 1.54) is 10.5 Å². The Hall–Kier alpha value is -3.51. The quantitative estimate of drug-likeness (QED) is 0.288. The highest BCUT2D eigenvalue weighted by Crippen LogP contribution is 2.29. The van der Waals surface area contributed by atoms with E-state index in [9.17, 15) is 9.59 Å². The molecular formula is C29H31N3O2S. The number of hydrogen-bond donors (Lipinski definition) is 1. The molecule has 1 aliphatic heterocycles. The number of thiocarbonyl (C=S) groups is 1. The van der Waals surface area contributed by atoms with Crippen LogP contribution in [0, 0.1) is 27.7 Å². The van der Waals surface area contributed by atoms with Crippen LogP contribution in [-0.2, 0) is 15.0 Å². The van der Waals surface area contributed by atoms with Crippen molar-refractivity contribution in [3.63, 3.8) is 0 Å². The Morgan fingerprint density at radius 3 is 2.23 bits per heavy atom. The number of aryl methyl sites for hydroxylation is 2. The number of nitrogens with zero attached hydrogens (tertiary/aromatic N) is 2. The van der Waals surface area contributed by atoms with Crippen molar-refractivity contribution in [2.24, 2.45) is 0 Å². The predicted molar refractivity (Wildman–Crippen MR) is 146 cm³/mol. The lowest BCUT2D eigenvalue weighted by Gasteiger charge is -2.30. The molecule has 35 heavy (non-hydrogen) atoms. The van der Waals surface area contributed by atoms with Gasteiger partial charge in [0.2, 0.25) is 0 Å². The van der Waals surface area contributed by atoms with Crippen LogP contribution in [-0.4, -0.2) is 21.5 Å². The molecular weight excluding hydrogens is 454 g/mol. The zero-order chi connectivity index (χ0) is 25.7. The minimum Gasteiger partial charge on any atom is -0.318 e. The van der Waals surface area contributed by atoms with Crippen LogP contribution in [0.25, 0.3) is 11.8 Å². The highest BCUT2D eigenvalue weighted by Gasteiger charge is 2.35. The van der Waals surface area contributed by atoms with Crippen molar-refractivity contribution < 1.29 is 9.59 Å². The van der Waals surface area contributed by atoms with Gasteiger partial charge < -0.3 is 4.57 Å². The minimum absolute atomic E-state index is 0.0582. The van der Waals surface area contributed by atoms with Crippen LogP contribution in [0.4, 0.5) is 5.69 Å². The SMILES string of the molecule is Cc1cccc(N2C(=O)/C(=C/c3cc(C)n(-c4ccc(C(C)(C)C)cc4)c3C)C(=O)NC2=S)c1C. The minimum atomic E-state index is -0.485. The fourth-order valence-electron chi connectivity index (χ4n) is 4.45. The predicted octanol–water partition coefficient (Wildman–Crippen LogP) is 5.84. The largest absolute Gasteiger partial charge is 0.318 e. The number of aromatic nitrogens is 1. The Morgan fingerprint density at radius 1 is 0.943 bits per heavy atom. The lowest BCUT2D eigenvalue weighted by Crippen LogP contribution is -2.54. The van der Waals surface area contributed by atoms with Crippen molar-refractivity contribution in [2.75, 3.05) is 4.90 Å². The van der Waals surface area contributed by atoms with Gasteiger partial charge in [0.1, 0.15) is 5.57 Å². The summed E-state index contributed by atoms with van der Waals surface area (Å²) in [4.78, 5) is 27.8. The number of anilines is 1. The second-order valence-corrected chi connectivity index (χ2v) is 10.5. The van der Waals surface area contributed by atoms with Crippen molar-refractivity contribution in [2.45, 2.75) is 53.9 Å². The van der Waals surface area contributed by atoms with E-state index >= 15 is 0 Å². The number of amides is 2. The number of nitrogens with one attached hydrogen (secondary N) is 1. The molecule has 3 aromatic rings. The van der Waals surface area contributed by atoms with Crippen molar-refractivity contribution in [1.29, 1.82) is 0 Å². The van der Waals surface area contributed by atoms with Gasteiger partial charge in [-0.1, -0.05) is 45.0 Å². The molecule has 1 fully saturated rings. The summed E-state index contributed by atoms with van der Waals surface area (Å²) in [5.74, 6) is -0.910. The van der Waals surface area contributed by atoms with E-state index in [0.717, 1.165) is 33.8 Å². The Morgan fingerprint density at radius 2 is 1.60 bits per heavy atom. The highest BCUT2D eigenvalue weighted by molar-refractivity contribution is 7.80. The summed E-state index contributed by atoms with van der Waals surface area (Å²) in [5, 5.41) is 2.78. The summed E-state index contributed by atoms with van der Waals surface area (Å²) in [6.45, 7) is 14.5. The Labute approximate surface area is 212 Å². The van der Waals surface area contributed by atoms with Crippen LogP contribution in [0.3, 0.4) is 0 Å². The highest BCUT2D eigenvalue weighted by atomic mass is 32.1. The molecule has 1 aliphatic rings. The molecule has 0 aliphatic carbocycles. The lowest BCUT2D eigenvalue weighted by molar-refractivity contribution is -0.122. The zero-order valence-corrected chi connectivity index (χ0v) is 22.1. The molecule has 1 aromatic heterocycles. The molecule has 1 saturated heterocycles. The van der Waals surface area contributed by atoms with E-state index in [1.807, 2.05) is 52.0 Å². The molecule has 180 valence electrons. The fraction of sp³-hybridized carbons (Fsp3) is 0.276. The Kier molecular flexibility index (Phi) is 6.28. The molecule has 0 radical (unpaired) electrons. The molecule has 0 spiro atoms. The molecule has 1 N–H and O–H groups in total. The number of carbonyl (C=O) groups is 2. The maximum absolute atomic E-state index is 13.5. The second-order valence-electron chi connectivity index (χ2n) is 10.1.